The maximum absolute atomic E-state index is 12.7. The smallest absolute Gasteiger partial charge is 0.291 e. The van der Waals surface area contributed by atoms with Crippen LogP contribution in [0.15, 0.2) is 65.3 Å². The van der Waals surface area contributed by atoms with Gasteiger partial charge in [-0.05, 0) is 54.6 Å². The van der Waals surface area contributed by atoms with Gasteiger partial charge in [0.2, 0.25) is 0 Å². The molecule has 2 amide bonds. The third-order valence-electron chi connectivity index (χ3n) is 5.07. The lowest BCUT2D eigenvalue weighted by molar-refractivity contribution is 0.0995. The van der Waals surface area contributed by atoms with E-state index in [9.17, 15) is 9.59 Å². The van der Waals surface area contributed by atoms with Crippen LogP contribution in [0.1, 0.15) is 20.9 Å². The molecule has 2 N–H and O–H groups in total. The van der Waals surface area contributed by atoms with Crippen molar-refractivity contribution in [3.63, 3.8) is 0 Å². The van der Waals surface area contributed by atoms with Crippen LogP contribution in [0.4, 0.5) is 16.5 Å². The van der Waals surface area contributed by atoms with Gasteiger partial charge < -0.3 is 24.7 Å². The average Bonchev–Trinajstić information content (AvgIpc) is 3.50. The molecule has 1 aliphatic rings. The van der Waals surface area contributed by atoms with E-state index >= 15 is 0 Å². The zero-order valence-electron chi connectivity index (χ0n) is 17.0. The summed E-state index contributed by atoms with van der Waals surface area (Å²) in [5.74, 6) is -0.352. The molecule has 8 nitrogen and oxygen atoms in total. The number of morpholine rings is 1. The number of benzene rings is 2. The summed E-state index contributed by atoms with van der Waals surface area (Å²) in [6, 6.07) is 15.6. The Hall–Kier alpha value is -3.69. The number of hydrogen-bond donors (Lipinski definition) is 2. The first-order valence-electron chi connectivity index (χ1n) is 10.2. The molecule has 2 aromatic heterocycles. The predicted molar refractivity (Wildman–Crippen MR) is 124 cm³/mol. The number of fused-ring (bicyclic) bond motifs is 1. The van der Waals surface area contributed by atoms with Crippen molar-refractivity contribution < 1.29 is 18.7 Å². The monoisotopic (exact) mass is 448 g/mol. The number of furan rings is 1. The van der Waals surface area contributed by atoms with Crippen LogP contribution in [-0.2, 0) is 4.74 Å². The molecule has 0 atom stereocenters. The number of amides is 2. The second kappa shape index (κ2) is 8.81. The summed E-state index contributed by atoms with van der Waals surface area (Å²) in [6.07, 6.45) is 1.44. The highest BCUT2D eigenvalue weighted by atomic mass is 32.1. The van der Waals surface area contributed by atoms with E-state index in [1.807, 2.05) is 18.2 Å². The highest BCUT2D eigenvalue weighted by Crippen LogP contribution is 2.31. The fourth-order valence-corrected chi connectivity index (χ4v) is 4.45. The van der Waals surface area contributed by atoms with Gasteiger partial charge in [0.15, 0.2) is 10.9 Å². The second-order valence-corrected chi connectivity index (χ2v) is 8.25. The van der Waals surface area contributed by atoms with E-state index in [4.69, 9.17) is 14.1 Å². The molecular formula is C23H20N4O4S. The Balaban J connectivity index is 1.25. The first-order valence-corrected chi connectivity index (χ1v) is 11.0. The number of ether oxygens (including phenoxy) is 1. The Kier molecular flexibility index (Phi) is 5.57. The number of nitrogens with one attached hydrogen (secondary N) is 2. The zero-order chi connectivity index (χ0) is 21.9. The van der Waals surface area contributed by atoms with Gasteiger partial charge in [-0.3, -0.25) is 9.59 Å². The van der Waals surface area contributed by atoms with Gasteiger partial charge in [-0.1, -0.05) is 11.3 Å². The van der Waals surface area contributed by atoms with E-state index in [1.54, 1.807) is 47.7 Å². The molecule has 0 bridgehead atoms. The molecule has 1 aliphatic heterocycles. The van der Waals surface area contributed by atoms with Gasteiger partial charge in [0.25, 0.3) is 11.8 Å². The summed E-state index contributed by atoms with van der Waals surface area (Å²) in [7, 11) is 0. The number of thiazole rings is 1. The van der Waals surface area contributed by atoms with E-state index in [1.165, 1.54) is 6.26 Å². The molecule has 0 radical (unpaired) electrons. The molecule has 4 aromatic rings. The van der Waals surface area contributed by atoms with Crippen molar-refractivity contribution in [1.82, 2.24) is 4.98 Å². The van der Waals surface area contributed by atoms with Gasteiger partial charge >= 0.3 is 0 Å². The third-order valence-corrected chi connectivity index (χ3v) is 6.15. The molecular weight excluding hydrogens is 428 g/mol. The minimum absolute atomic E-state index is 0.224. The number of aromatic nitrogens is 1. The number of rotatable bonds is 5. The standard InChI is InChI=1S/C23H20N4O4S/c28-21(15-3-5-16(6-4-15)24-22(29)19-2-1-11-31-19)25-17-7-8-18-20(14-17)32-23(26-18)27-9-12-30-13-10-27/h1-8,11,14H,9-10,12-13H2,(H,24,29)(H,25,28). The first kappa shape index (κ1) is 20.2. The Morgan fingerprint density at radius 2 is 1.69 bits per heavy atom. The molecule has 32 heavy (non-hydrogen) atoms. The third kappa shape index (κ3) is 4.34. The summed E-state index contributed by atoms with van der Waals surface area (Å²) in [4.78, 5) is 31.6. The van der Waals surface area contributed by atoms with Crippen molar-refractivity contribution in [2.24, 2.45) is 0 Å². The highest BCUT2D eigenvalue weighted by molar-refractivity contribution is 7.22. The molecule has 5 rings (SSSR count). The maximum Gasteiger partial charge on any atom is 0.291 e. The number of hydrogen-bond acceptors (Lipinski definition) is 7. The summed E-state index contributed by atoms with van der Waals surface area (Å²) in [6.45, 7) is 3.09. The zero-order valence-corrected chi connectivity index (χ0v) is 17.9. The molecule has 9 heteroatoms. The average molecular weight is 449 g/mol. The lowest BCUT2D eigenvalue weighted by atomic mass is 10.2. The molecule has 0 spiro atoms. The van der Waals surface area contributed by atoms with Crippen molar-refractivity contribution in [2.45, 2.75) is 0 Å². The van der Waals surface area contributed by atoms with Crippen LogP contribution >= 0.6 is 11.3 Å². The molecule has 1 fully saturated rings. The number of nitrogens with zero attached hydrogens (tertiary/aromatic N) is 2. The van der Waals surface area contributed by atoms with Crippen molar-refractivity contribution >= 4 is 49.9 Å². The number of carbonyl (C=O) groups is 2. The van der Waals surface area contributed by atoms with Gasteiger partial charge in [0.05, 0.1) is 29.7 Å². The Morgan fingerprint density at radius 1 is 0.938 bits per heavy atom. The van der Waals surface area contributed by atoms with Gasteiger partial charge in [0, 0.05) is 30.0 Å². The Labute approximate surface area is 187 Å². The van der Waals surface area contributed by atoms with Crippen molar-refractivity contribution in [3.8, 4) is 0 Å². The molecule has 2 aromatic carbocycles. The highest BCUT2D eigenvalue weighted by Gasteiger charge is 2.16. The Morgan fingerprint density at radius 3 is 2.44 bits per heavy atom. The molecule has 3 heterocycles. The van der Waals surface area contributed by atoms with Crippen LogP contribution in [0.25, 0.3) is 10.2 Å². The predicted octanol–water partition coefficient (Wildman–Crippen LogP) is 4.23. The SMILES string of the molecule is O=C(Nc1ccc2nc(N3CCOCC3)sc2c1)c1ccc(NC(=O)c2ccco2)cc1. The van der Waals surface area contributed by atoms with Crippen LogP contribution in [0.5, 0.6) is 0 Å². The molecule has 0 aliphatic carbocycles. The number of anilines is 3. The number of carbonyl (C=O) groups excluding carboxylic acids is 2. The largest absolute Gasteiger partial charge is 0.459 e. The first-order chi connectivity index (χ1) is 15.7. The van der Waals surface area contributed by atoms with Crippen LogP contribution in [0, 0.1) is 0 Å². The van der Waals surface area contributed by atoms with E-state index in [-0.39, 0.29) is 17.6 Å². The topological polar surface area (TPSA) is 96.7 Å². The molecule has 0 saturated carbocycles. The molecule has 162 valence electrons. The van der Waals surface area contributed by atoms with E-state index in [2.05, 4.69) is 15.5 Å². The van der Waals surface area contributed by atoms with Crippen molar-refractivity contribution in [2.75, 3.05) is 41.8 Å². The van der Waals surface area contributed by atoms with Crippen LogP contribution in [0.3, 0.4) is 0 Å². The lowest BCUT2D eigenvalue weighted by Crippen LogP contribution is -2.36. The van der Waals surface area contributed by atoms with Crippen LogP contribution in [0.2, 0.25) is 0 Å². The quantitative estimate of drug-likeness (QED) is 0.474. The summed E-state index contributed by atoms with van der Waals surface area (Å²) in [5.41, 5.74) is 2.67. The van der Waals surface area contributed by atoms with Gasteiger partial charge in [-0.15, -0.1) is 0 Å². The van der Waals surface area contributed by atoms with Gasteiger partial charge in [0.1, 0.15) is 0 Å². The summed E-state index contributed by atoms with van der Waals surface area (Å²) < 4.78 is 11.5. The Bertz CT molecular complexity index is 1240. The van der Waals surface area contributed by atoms with E-state index < -0.39 is 0 Å². The molecule has 1 saturated heterocycles. The minimum Gasteiger partial charge on any atom is -0.459 e. The lowest BCUT2D eigenvalue weighted by Gasteiger charge is -2.25. The summed E-state index contributed by atoms with van der Waals surface area (Å²) >= 11 is 1.61. The van der Waals surface area contributed by atoms with E-state index in [0.29, 0.717) is 30.2 Å². The van der Waals surface area contributed by atoms with Gasteiger partial charge in [-0.25, -0.2) is 4.98 Å². The van der Waals surface area contributed by atoms with Crippen molar-refractivity contribution in [3.05, 3.63) is 72.2 Å². The minimum atomic E-state index is -0.346. The van der Waals surface area contributed by atoms with Crippen LogP contribution in [-0.4, -0.2) is 43.1 Å². The summed E-state index contributed by atoms with van der Waals surface area (Å²) in [5, 5.41) is 6.62. The fraction of sp³-hybridized carbons (Fsp3) is 0.174. The second-order valence-electron chi connectivity index (χ2n) is 7.24. The fourth-order valence-electron chi connectivity index (χ4n) is 3.39. The normalized spacial score (nSPS) is 13.8. The van der Waals surface area contributed by atoms with Gasteiger partial charge in [-0.2, -0.15) is 0 Å². The van der Waals surface area contributed by atoms with Crippen LogP contribution < -0.4 is 15.5 Å². The van der Waals surface area contributed by atoms with Crippen molar-refractivity contribution in [1.29, 1.82) is 0 Å². The van der Waals surface area contributed by atoms with E-state index in [0.717, 1.165) is 28.4 Å². The maximum atomic E-state index is 12.7. The molecule has 0 unspecified atom stereocenters.